The first-order chi connectivity index (χ1) is 5.85. The van der Waals surface area contributed by atoms with Crippen LogP contribution >= 0.6 is 0 Å². The maximum absolute atomic E-state index is 10.3. The van der Waals surface area contributed by atoms with E-state index in [0.29, 0.717) is 11.8 Å². The van der Waals surface area contributed by atoms with Crippen molar-refractivity contribution in [2.24, 2.45) is 11.8 Å². The van der Waals surface area contributed by atoms with Crippen LogP contribution < -0.4 is 5.32 Å². The van der Waals surface area contributed by atoms with Crippen molar-refractivity contribution in [3.05, 3.63) is 0 Å². The standard InChI is InChI=1S/C11H23NO/c1-8(2)9-6-7-10(3,13)11(9,4)12-5/h8-9,12-13H,6-7H2,1-5H3/p+1/t9-,10-,11+/m1/s1. The van der Waals surface area contributed by atoms with E-state index in [4.69, 9.17) is 0 Å². The monoisotopic (exact) mass is 186 g/mol. The summed E-state index contributed by atoms with van der Waals surface area (Å²) < 4.78 is 0. The zero-order valence-electron chi connectivity index (χ0n) is 9.59. The van der Waals surface area contributed by atoms with Crippen LogP contribution in [0, 0.1) is 11.8 Å². The van der Waals surface area contributed by atoms with Gasteiger partial charge in [0.1, 0.15) is 11.1 Å². The smallest absolute Gasteiger partial charge is 0.125 e. The molecule has 3 atom stereocenters. The van der Waals surface area contributed by atoms with Crippen molar-refractivity contribution in [1.29, 1.82) is 0 Å². The Balaban J connectivity index is 2.93. The second-order valence-corrected chi connectivity index (χ2v) is 5.23. The Bertz CT molecular complexity index is 189. The molecule has 2 nitrogen and oxygen atoms in total. The number of aliphatic hydroxyl groups is 1. The Hall–Kier alpha value is -0.0800. The molecule has 0 saturated heterocycles. The van der Waals surface area contributed by atoms with E-state index in [9.17, 15) is 5.11 Å². The molecule has 3 N–H and O–H groups in total. The molecule has 0 amide bonds. The minimum Gasteiger partial charge on any atom is -0.384 e. The summed E-state index contributed by atoms with van der Waals surface area (Å²) in [7, 11) is 2.08. The van der Waals surface area contributed by atoms with Crippen molar-refractivity contribution >= 4 is 0 Å². The first kappa shape index (κ1) is 11.0. The summed E-state index contributed by atoms with van der Waals surface area (Å²) >= 11 is 0. The highest BCUT2D eigenvalue weighted by atomic mass is 16.3. The molecule has 0 aromatic rings. The zero-order chi connectivity index (χ0) is 10.3. The lowest BCUT2D eigenvalue weighted by atomic mass is 9.75. The number of quaternary nitrogens is 1. The Morgan fingerprint density at radius 3 is 2.23 bits per heavy atom. The molecule has 78 valence electrons. The van der Waals surface area contributed by atoms with Gasteiger partial charge in [0.15, 0.2) is 0 Å². The minimum absolute atomic E-state index is 0.00116. The van der Waals surface area contributed by atoms with Gasteiger partial charge in [-0.15, -0.1) is 0 Å². The average molecular weight is 186 g/mol. The van der Waals surface area contributed by atoms with Crippen LogP contribution in [-0.2, 0) is 0 Å². The van der Waals surface area contributed by atoms with Crippen molar-refractivity contribution in [2.75, 3.05) is 7.05 Å². The molecule has 1 fully saturated rings. The topological polar surface area (TPSA) is 36.8 Å². The van der Waals surface area contributed by atoms with Crippen molar-refractivity contribution in [2.45, 2.75) is 51.7 Å². The van der Waals surface area contributed by atoms with Crippen LogP contribution in [-0.4, -0.2) is 23.3 Å². The molecule has 1 rings (SSSR count). The average Bonchev–Trinajstić information content (AvgIpc) is 2.25. The third-order valence-electron chi connectivity index (χ3n) is 4.28. The molecule has 2 heteroatoms. The van der Waals surface area contributed by atoms with Crippen molar-refractivity contribution in [3.63, 3.8) is 0 Å². The van der Waals surface area contributed by atoms with Gasteiger partial charge in [0.05, 0.1) is 7.05 Å². The largest absolute Gasteiger partial charge is 0.384 e. The van der Waals surface area contributed by atoms with Gasteiger partial charge in [0.25, 0.3) is 0 Å². The molecule has 1 saturated carbocycles. The number of hydrogen-bond donors (Lipinski definition) is 2. The molecular formula is C11H24NO+. The Kier molecular flexibility index (Phi) is 2.75. The number of rotatable bonds is 2. The predicted molar refractivity (Wildman–Crippen MR) is 54.4 cm³/mol. The summed E-state index contributed by atoms with van der Waals surface area (Å²) in [6.07, 6.45) is 2.10. The van der Waals surface area contributed by atoms with Crippen LogP contribution in [0.4, 0.5) is 0 Å². The summed E-state index contributed by atoms with van der Waals surface area (Å²) in [5.41, 5.74) is -0.502. The van der Waals surface area contributed by atoms with Crippen LogP contribution in [0.5, 0.6) is 0 Å². The van der Waals surface area contributed by atoms with Gasteiger partial charge in [-0.3, -0.25) is 0 Å². The molecule has 0 spiro atoms. The van der Waals surface area contributed by atoms with E-state index in [1.54, 1.807) is 0 Å². The lowest BCUT2D eigenvalue weighted by molar-refractivity contribution is -0.721. The van der Waals surface area contributed by atoms with Crippen molar-refractivity contribution in [1.82, 2.24) is 0 Å². The Morgan fingerprint density at radius 1 is 1.38 bits per heavy atom. The van der Waals surface area contributed by atoms with Crippen LogP contribution in [0.1, 0.15) is 40.5 Å². The maximum Gasteiger partial charge on any atom is 0.125 e. The molecule has 1 aliphatic rings. The lowest BCUT2D eigenvalue weighted by Crippen LogP contribution is -2.98. The Morgan fingerprint density at radius 2 is 1.92 bits per heavy atom. The normalized spacial score (nSPS) is 45.9. The molecule has 1 aliphatic carbocycles. The molecule has 0 radical (unpaired) electrons. The molecule has 0 bridgehead atoms. The van der Waals surface area contributed by atoms with Crippen LogP contribution in [0.3, 0.4) is 0 Å². The Labute approximate surface area is 81.7 Å². The fourth-order valence-corrected chi connectivity index (χ4v) is 2.96. The van der Waals surface area contributed by atoms with E-state index in [1.165, 1.54) is 0 Å². The van der Waals surface area contributed by atoms with E-state index in [2.05, 4.69) is 33.1 Å². The minimum atomic E-state index is -0.503. The zero-order valence-corrected chi connectivity index (χ0v) is 9.59. The molecule has 0 heterocycles. The SMILES string of the molecule is C[NH2+][C@@]1(C)[C@@H](C(C)C)CC[C@@]1(C)O. The highest BCUT2D eigenvalue weighted by molar-refractivity contribution is 5.04. The third kappa shape index (κ3) is 1.50. The number of nitrogens with two attached hydrogens (primary N) is 1. The van der Waals surface area contributed by atoms with Crippen LogP contribution in [0.2, 0.25) is 0 Å². The second kappa shape index (κ2) is 3.25. The van der Waals surface area contributed by atoms with Crippen molar-refractivity contribution in [3.8, 4) is 0 Å². The first-order valence-electron chi connectivity index (χ1n) is 5.38. The van der Waals surface area contributed by atoms with Gasteiger partial charge in [-0.2, -0.15) is 0 Å². The summed E-state index contributed by atoms with van der Waals surface area (Å²) in [6, 6.07) is 0. The van der Waals surface area contributed by atoms with E-state index in [-0.39, 0.29) is 5.54 Å². The van der Waals surface area contributed by atoms with Gasteiger partial charge >= 0.3 is 0 Å². The van der Waals surface area contributed by atoms with Gasteiger partial charge in [-0.25, -0.2) is 0 Å². The first-order valence-corrected chi connectivity index (χ1v) is 5.38. The summed E-state index contributed by atoms with van der Waals surface area (Å²) in [4.78, 5) is 0. The molecule has 0 unspecified atom stereocenters. The second-order valence-electron chi connectivity index (χ2n) is 5.23. The molecule has 0 aliphatic heterocycles. The predicted octanol–water partition coefficient (Wildman–Crippen LogP) is 0.755. The highest BCUT2D eigenvalue weighted by Gasteiger charge is 2.57. The summed E-state index contributed by atoms with van der Waals surface area (Å²) in [5.74, 6) is 1.29. The maximum atomic E-state index is 10.3. The summed E-state index contributed by atoms with van der Waals surface area (Å²) in [5, 5.41) is 12.5. The fourth-order valence-electron chi connectivity index (χ4n) is 2.96. The molecule has 13 heavy (non-hydrogen) atoms. The van der Waals surface area contributed by atoms with E-state index in [1.807, 2.05) is 6.92 Å². The third-order valence-corrected chi connectivity index (χ3v) is 4.28. The van der Waals surface area contributed by atoms with Gasteiger partial charge in [-0.1, -0.05) is 13.8 Å². The highest BCUT2D eigenvalue weighted by Crippen LogP contribution is 2.44. The number of hydrogen-bond acceptors (Lipinski definition) is 1. The van der Waals surface area contributed by atoms with Gasteiger partial charge in [-0.05, 0) is 32.6 Å². The van der Waals surface area contributed by atoms with E-state index >= 15 is 0 Å². The lowest BCUT2D eigenvalue weighted by Gasteiger charge is -2.38. The van der Waals surface area contributed by atoms with Crippen LogP contribution in [0.15, 0.2) is 0 Å². The van der Waals surface area contributed by atoms with Crippen LogP contribution in [0.25, 0.3) is 0 Å². The van der Waals surface area contributed by atoms with E-state index < -0.39 is 5.60 Å². The van der Waals surface area contributed by atoms with E-state index in [0.717, 1.165) is 12.8 Å². The quantitative estimate of drug-likeness (QED) is 0.656. The van der Waals surface area contributed by atoms with Gasteiger partial charge in [0, 0.05) is 5.92 Å². The molecule has 0 aromatic carbocycles. The molecule has 0 aromatic heterocycles. The summed E-state index contributed by atoms with van der Waals surface area (Å²) in [6.45, 7) is 8.70. The van der Waals surface area contributed by atoms with Gasteiger partial charge in [0.2, 0.25) is 0 Å². The molecular weight excluding hydrogens is 162 g/mol. The van der Waals surface area contributed by atoms with Gasteiger partial charge < -0.3 is 10.4 Å². The number of likely N-dealkylation sites (N-methyl/N-ethyl adjacent to an activating group) is 1. The fraction of sp³-hybridized carbons (Fsp3) is 1.00. The van der Waals surface area contributed by atoms with Crippen molar-refractivity contribution < 1.29 is 10.4 Å².